The minimum absolute atomic E-state index is 0.145. The Balaban J connectivity index is 2.02. The van der Waals surface area contributed by atoms with E-state index in [0.717, 1.165) is 12.0 Å². The molecular formula is C17H21N3O3. The van der Waals surface area contributed by atoms with Crippen LogP contribution in [0, 0.1) is 13.8 Å². The second-order valence-electron chi connectivity index (χ2n) is 5.36. The van der Waals surface area contributed by atoms with E-state index >= 15 is 0 Å². The number of hydrogen-bond donors (Lipinski definition) is 2. The summed E-state index contributed by atoms with van der Waals surface area (Å²) in [5.41, 5.74) is 2.61. The van der Waals surface area contributed by atoms with Crippen LogP contribution in [0.1, 0.15) is 40.7 Å². The van der Waals surface area contributed by atoms with Gasteiger partial charge in [-0.05, 0) is 38.5 Å². The fourth-order valence-corrected chi connectivity index (χ4v) is 2.20. The highest BCUT2D eigenvalue weighted by Gasteiger charge is 2.14. The zero-order valence-corrected chi connectivity index (χ0v) is 13.6. The van der Waals surface area contributed by atoms with Crippen molar-refractivity contribution >= 4 is 17.5 Å². The second-order valence-corrected chi connectivity index (χ2v) is 5.36. The number of amides is 2. The van der Waals surface area contributed by atoms with E-state index in [4.69, 9.17) is 4.52 Å². The van der Waals surface area contributed by atoms with E-state index in [-0.39, 0.29) is 18.2 Å². The summed E-state index contributed by atoms with van der Waals surface area (Å²) in [4.78, 5) is 24.1. The number of hydrogen-bond acceptors (Lipinski definition) is 4. The predicted octanol–water partition coefficient (Wildman–Crippen LogP) is 2.61. The molecule has 0 aliphatic carbocycles. The molecule has 2 aromatic rings. The summed E-state index contributed by atoms with van der Waals surface area (Å²) < 4.78 is 5.05. The molecule has 6 heteroatoms. The summed E-state index contributed by atoms with van der Waals surface area (Å²) in [6, 6.07) is 6.87. The fraction of sp³-hybridized carbons (Fsp3) is 0.353. The van der Waals surface area contributed by atoms with Crippen molar-refractivity contribution in [2.45, 2.75) is 33.6 Å². The average molecular weight is 315 g/mol. The Morgan fingerprint density at radius 3 is 2.70 bits per heavy atom. The number of carbonyl (C=O) groups excluding carboxylic acids is 2. The Morgan fingerprint density at radius 1 is 1.26 bits per heavy atom. The molecule has 0 atom stereocenters. The van der Waals surface area contributed by atoms with Crippen LogP contribution in [0.4, 0.5) is 5.69 Å². The molecule has 6 nitrogen and oxygen atoms in total. The molecule has 0 aliphatic heterocycles. The fourth-order valence-electron chi connectivity index (χ4n) is 2.20. The van der Waals surface area contributed by atoms with Crippen molar-refractivity contribution in [1.29, 1.82) is 0 Å². The van der Waals surface area contributed by atoms with Crippen LogP contribution in [0.15, 0.2) is 28.8 Å². The number of benzene rings is 1. The molecule has 0 saturated heterocycles. The van der Waals surface area contributed by atoms with Crippen LogP contribution >= 0.6 is 0 Å². The number of aryl methyl sites for hydroxylation is 2. The number of anilines is 1. The lowest BCUT2D eigenvalue weighted by Gasteiger charge is -2.08. The summed E-state index contributed by atoms with van der Waals surface area (Å²) in [6.45, 7) is 6.20. The Morgan fingerprint density at radius 2 is 2.04 bits per heavy atom. The van der Waals surface area contributed by atoms with Gasteiger partial charge < -0.3 is 15.2 Å². The average Bonchev–Trinajstić information content (AvgIpc) is 2.84. The number of nitrogens with one attached hydrogen (secondary N) is 2. The topological polar surface area (TPSA) is 84.2 Å². The Kier molecular flexibility index (Phi) is 5.51. The van der Waals surface area contributed by atoms with Crippen molar-refractivity contribution in [3.05, 3.63) is 46.8 Å². The van der Waals surface area contributed by atoms with E-state index in [2.05, 4.69) is 15.8 Å². The lowest BCUT2D eigenvalue weighted by Crippen LogP contribution is -2.24. The Bertz CT molecular complexity index is 687. The van der Waals surface area contributed by atoms with E-state index in [1.807, 2.05) is 6.92 Å². The number of nitrogens with zero attached hydrogens (tertiary/aromatic N) is 1. The summed E-state index contributed by atoms with van der Waals surface area (Å²) in [7, 11) is 0. The third-order valence-corrected chi connectivity index (χ3v) is 3.46. The van der Waals surface area contributed by atoms with Crippen LogP contribution in [0.2, 0.25) is 0 Å². The zero-order chi connectivity index (χ0) is 16.8. The van der Waals surface area contributed by atoms with E-state index in [9.17, 15) is 9.59 Å². The quantitative estimate of drug-likeness (QED) is 0.858. The predicted molar refractivity (Wildman–Crippen MR) is 87.4 cm³/mol. The van der Waals surface area contributed by atoms with Crippen LogP contribution in [0.5, 0.6) is 0 Å². The van der Waals surface area contributed by atoms with E-state index in [1.165, 1.54) is 0 Å². The smallest absolute Gasteiger partial charge is 0.251 e. The molecule has 0 bridgehead atoms. The molecule has 2 N–H and O–H groups in total. The first-order valence-electron chi connectivity index (χ1n) is 7.61. The standard InChI is InChI=1S/C17H21N3O3/c1-4-8-18-17(22)13-6-5-7-14(9-13)19-16(21)10-15-11(2)20-23-12(15)3/h5-7,9H,4,8,10H2,1-3H3,(H,18,22)(H,19,21). The minimum atomic E-state index is -0.175. The maximum Gasteiger partial charge on any atom is 0.251 e. The molecule has 1 heterocycles. The van der Waals surface area contributed by atoms with Gasteiger partial charge in [0.15, 0.2) is 0 Å². The van der Waals surface area contributed by atoms with E-state index < -0.39 is 0 Å². The molecular weight excluding hydrogens is 294 g/mol. The largest absolute Gasteiger partial charge is 0.361 e. The highest BCUT2D eigenvalue weighted by atomic mass is 16.5. The van der Waals surface area contributed by atoms with E-state index in [0.29, 0.717) is 29.2 Å². The maximum atomic E-state index is 12.2. The van der Waals surface area contributed by atoms with Gasteiger partial charge in [0, 0.05) is 23.4 Å². The number of rotatable bonds is 6. The Hall–Kier alpha value is -2.63. The Labute approximate surface area is 135 Å². The molecule has 0 saturated carbocycles. The van der Waals surface area contributed by atoms with Crippen molar-refractivity contribution in [1.82, 2.24) is 10.5 Å². The highest BCUT2D eigenvalue weighted by Crippen LogP contribution is 2.15. The monoisotopic (exact) mass is 315 g/mol. The molecule has 122 valence electrons. The number of aromatic nitrogens is 1. The van der Waals surface area contributed by atoms with Crippen LogP contribution in [0.3, 0.4) is 0 Å². The molecule has 23 heavy (non-hydrogen) atoms. The summed E-state index contributed by atoms with van der Waals surface area (Å²) in [6.07, 6.45) is 1.06. The van der Waals surface area contributed by atoms with Gasteiger partial charge in [-0.3, -0.25) is 9.59 Å². The molecule has 0 fully saturated rings. The van der Waals surface area contributed by atoms with E-state index in [1.54, 1.807) is 38.1 Å². The van der Waals surface area contributed by atoms with Crippen LogP contribution in [-0.4, -0.2) is 23.5 Å². The lowest BCUT2D eigenvalue weighted by molar-refractivity contribution is -0.115. The maximum absolute atomic E-state index is 12.2. The third kappa shape index (κ3) is 4.42. The van der Waals surface area contributed by atoms with Gasteiger partial charge in [0.05, 0.1) is 12.1 Å². The van der Waals surface area contributed by atoms with Crippen LogP contribution in [-0.2, 0) is 11.2 Å². The second kappa shape index (κ2) is 7.58. The van der Waals surface area contributed by atoms with Crippen LogP contribution in [0.25, 0.3) is 0 Å². The first kappa shape index (κ1) is 16.7. The van der Waals surface area contributed by atoms with Crippen LogP contribution < -0.4 is 10.6 Å². The van der Waals surface area contributed by atoms with Crippen molar-refractivity contribution in [2.75, 3.05) is 11.9 Å². The van der Waals surface area contributed by atoms with Gasteiger partial charge in [0.1, 0.15) is 5.76 Å². The highest BCUT2D eigenvalue weighted by molar-refractivity contribution is 5.97. The van der Waals surface area contributed by atoms with Crippen molar-refractivity contribution < 1.29 is 14.1 Å². The molecule has 0 spiro atoms. The van der Waals surface area contributed by atoms with Gasteiger partial charge in [-0.2, -0.15) is 0 Å². The minimum Gasteiger partial charge on any atom is -0.361 e. The SMILES string of the molecule is CCCNC(=O)c1cccc(NC(=O)Cc2c(C)noc2C)c1. The van der Waals surface area contributed by atoms with Gasteiger partial charge in [-0.1, -0.05) is 18.1 Å². The summed E-state index contributed by atoms with van der Waals surface area (Å²) in [5, 5.41) is 9.44. The summed E-state index contributed by atoms with van der Waals surface area (Å²) in [5.74, 6) is 0.324. The van der Waals surface area contributed by atoms with Crippen molar-refractivity contribution in [3.8, 4) is 0 Å². The zero-order valence-electron chi connectivity index (χ0n) is 13.6. The molecule has 1 aromatic heterocycles. The third-order valence-electron chi connectivity index (χ3n) is 3.46. The van der Waals surface area contributed by atoms with Gasteiger partial charge in [-0.25, -0.2) is 0 Å². The molecule has 1 aromatic carbocycles. The van der Waals surface area contributed by atoms with Gasteiger partial charge >= 0.3 is 0 Å². The lowest BCUT2D eigenvalue weighted by atomic mass is 10.1. The molecule has 2 amide bonds. The van der Waals surface area contributed by atoms with Crippen molar-refractivity contribution in [3.63, 3.8) is 0 Å². The normalized spacial score (nSPS) is 10.4. The molecule has 0 aliphatic rings. The first-order chi connectivity index (χ1) is 11.0. The first-order valence-corrected chi connectivity index (χ1v) is 7.61. The molecule has 0 unspecified atom stereocenters. The molecule has 2 rings (SSSR count). The number of carbonyl (C=O) groups is 2. The van der Waals surface area contributed by atoms with Gasteiger partial charge in [0.25, 0.3) is 5.91 Å². The molecule has 0 radical (unpaired) electrons. The van der Waals surface area contributed by atoms with Gasteiger partial charge in [-0.15, -0.1) is 0 Å². The summed E-state index contributed by atoms with van der Waals surface area (Å²) >= 11 is 0. The van der Waals surface area contributed by atoms with Crippen molar-refractivity contribution in [2.24, 2.45) is 0 Å². The van der Waals surface area contributed by atoms with Gasteiger partial charge in [0.2, 0.25) is 5.91 Å².